The molecule has 0 aromatic rings. The van der Waals surface area contributed by atoms with Crippen molar-refractivity contribution in [2.75, 3.05) is 6.61 Å². The van der Waals surface area contributed by atoms with Crippen LogP contribution < -0.4 is 5.32 Å². The quantitative estimate of drug-likeness (QED) is 0.0505. The zero-order valence-electron chi connectivity index (χ0n) is 29.0. The number of unbranched alkanes of at least 4 members (excludes halogenated alkanes) is 26. The number of carbonyl (C=O) groups excluding carboxylic acids is 1. The van der Waals surface area contributed by atoms with Crippen LogP contribution in [-0.4, -0.2) is 34.9 Å². The number of aliphatic hydroxyl groups excluding tert-OH is 2. The van der Waals surface area contributed by atoms with Gasteiger partial charge >= 0.3 is 0 Å². The maximum atomic E-state index is 12.3. The van der Waals surface area contributed by atoms with Crippen molar-refractivity contribution in [3.63, 3.8) is 0 Å². The minimum atomic E-state index is -0.882. The lowest BCUT2D eigenvalue weighted by atomic mass is 10.0. The van der Waals surface area contributed by atoms with E-state index in [2.05, 4.69) is 25.2 Å². The molecule has 0 rings (SSSR count). The van der Waals surface area contributed by atoms with Gasteiger partial charge in [0.25, 0.3) is 0 Å². The van der Waals surface area contributed by atoms with Gasteiger partial charge in [-0.05, 0) is 19.3 Å². The summed E-state index contributed by atoms with van der Waals surface area (Å²) in [4.78, 5) is 12.3. The fraction of sp³-hybridized carbons (Fsp3) is 0.872. The van der Waals surface area contributed by atoms with Gasteiger partial charge in [0.05, 0.1) is 18.8 Å². The average molecular weight is 606 g/mol. The summed E-state index contributed by atoms with van der Waals surface area (Å²) >= 11 is 0. The Hall–Kier alpha value is -1.13. The molecule has 43 heavy (non-hydrogen) atoms. The Morgan fingerprint density at radius 3 is 1.33 bits per heavy atom. The molecule has 0 saturated carbocycles. The lowest BCUT2D eigenvalue weighted by Crippen LogP contribution is -2.45. The molecule has 0 aliphatic heterocycles. The Balaban J connectivity index is 3.54. The SMILES string of the molecule is CCCCCCCC/C=C/C=C/[C@@H](O)[C@H](CO)NC(=O)CCCCCCCCCCCCCCCCCCCCCCC. The molecule has 254 valence electrons. The van der Waals surface area contributed by atoms with E-state index in [0.717, 1.165) is 19.3 Å². The van der Waals surface area contributed by atoms with E-state index in [1.54, 1.807) is 6.08 Å². The molecule has 0 aromatic carbocycles. The molecule has 0 radical (unpaired) electrons. The molecule has 0 aliphatic rings. The number of aliphatic hydroxyl groups is 2. The molecular weight excluding hydrogens is 530 g/mol. The summed E-state index contributed by atoms with van der Waals surface area (Å²) < 4.78 is 0. The van der Waals surface area contributed by atoms with Gasteiger partial charge in [-0.1, -0.05) is 199 Å². The summed E-state index contributed by atoms with van der Waals surface area (Å²) in [5.74, 6) is -0.0806. The second-order valence-electron chi connectivity index (χ2n) is 13.0. The fourth-order valence-electron chi connectivity index (χ4n) is 5.76. The van der Waals surface area contributed by atoms with Gasteiger partial charge in [0, 0.05) is 6.42 Å². The average Bonchev–Trinajstić information content (AvgIpc) is 3.01. The topological polar surface area (TPSA) is 69.6 Å². The predicted molar refractivity (Wildman–Crippen MR) is 189 cm³/mol. The van der Waals surface area contributed by atoms with Gasteiger partial charge in [-0.2, -0.15) is 0 Å². The molecule has 0 aromatic heterocycles. The van der Waals surface area contributed by atoms with Crippen molar-refractivity contribution < 1.29 is 15.0 Å². The first-order valence-corrected chi connectivity index (χ1v) is 19.1. The Bertz CT molecular complexity index is 618. The minimum absolute atomic E-state index is 0.0806. The van der Waals surface area contributed by atoms with E-state index >= 15 is 0 Å². The van der Waals surface area contributed by atoms with Crippen LogP contribution in [0.3, 0.4) is 0 Å². The van der Waals surface area contributed by atoms with Crippen molar-refractivity contribution in [1.82, 2.24) is 5.32 Å². The Labute approximate surface area is 269 Å². The van der Waals surface area contributed by atoms with E-state index in [9.17, 15) is 15.0 Å². The third-order valence-corrected chi connectivity index (χ3v) is 8.74. The first kappa shape index (κ1) is 41.9. The van der Waals surface area contributed by atoms with Crippen molar-refractivity contribution in [1.29, 1.82) is 0 Å². The molecule has 1 amide bonds. The highest BCUT2D eigenvalue weighted by molar-refractivity contribution is 5.76. The maximum absolute atomic E-state index is 12.3. The first-order chi connectivity index (χ1) is 21.2. The van der Waals surface area contributed by atoms with Crippen molar-refractivity contribution in [3.05, 3.63) is 24.3 Å². The van der Waals surface area contributed by atoms with Gasteiger partial charge in [-0.25, -0.2) is 0 Å². The number of allylic oxidation sites excluding steroid dienone is 3. The second-order valence-corrected chi connectivity index (χ2v) is 13.0. The highest BCUT2D eigenvalue weighted by Gasteiger charge is 2.17. The summed E-state index contributed by atoms with van der Waals surface area (Å²) in [5, 5.41) is 22.8. The van der Waals surface area contributed by atoms with E-state index in [1.165, 1.54) is 161 Å². The van der Waals surface area contributed by atoms with Crippen LogP contribution in [0.5, 0.6) is 0 Å². The van der Waals surface area contributed by atoms with Gasteiger partial charge < -0.3 is 15.5 Å². The van der Waals surface area contributed by atoms with E-state index in [4.69, 9.17) is 0 Å². The van der Waals surface area contributed by atoms with E-state index in [-0.39, 0.29) is 12.5 Å². The normalized spacial score (nSPS) is 13.3. The highest BCUT2D eigenvalue weighted by atomic mass is 16.3. The molecular formula is C39H75NO3. The number of hydrogen-bond donors (Lipinski definition) is 3. The third-order valence-electron chi connectivity index (χ3n) is 8.74. The molecule has 0 unspecified atom stereocenters. The van der Waals surface area contributed by atoms with Crippen LogP contribution in [0.25, 0.3) is 0 Å². The van der Waals surface area contributed by atoms with Crippen LogP contribution in [-0.2, 0) is 4.79 Å². The molecule has 3 N–H and O–H groups in total. The molecule has 2 atom stereocenters. The van der Waals surface area contributed by atoms with Gasteiger partial charge in [0.1, 0.15) is 0 Å². The zero-order valence-corrected chi connectivity index (χ0v) is 29.0. The molecule has 4 heteroatoms. The van der Waals surface area contributed by atoms with Gasteiger partial charge in [-0.15, -0.1) is 0 Å². The largest absolute Gasteiger partial charge is 0.394 e. The lowest BCUT2D eigenvalue weighted by Gasteiger charge is -2.19. The van der Waals surface area contributed by atoms with Crippen LogP contribution >= 0.6 is 0 Å². The standard InChI is InChI=1S/C39H75NO3/c1-3-5-7-9-11-13-15-16-17-18-19-20-21-22-23-24-25-27-29-31-33-35-39(43)40-37(36-41)38(42)34-32-30-28-26-14-12-10-8-6-4-2/h28,30,32,34,37-38,41-42H,3-27,29,31,33,35-36H2,1-2H3,(H,40,43)/b30-28+,34-32+/t37-,38+/m0/s1. The number of carbonyl (C=O) groups is 1. The Morgan fingerprint density at radius 2 is 0.930 bits per heavy atom. The van der Waals surface area contributed by atoms with Crippen molar-refractivity contribution in [3.8, 4) is 0 Å². The summed E-state index contributed by atoms with van der Waals surface area (Å²) in [5.41, 5.74) is 0. The summed E-state index contributed by atoms with van der Waals surface area (Å²) in [6.07, 6.45) is 44.3. The number of nitrogens with one attached hydrogen (secondary N) is 1. The molecule has 0 spiro atoms. The second kappa shape index (κ2) is 35.4. The molecule has 0 heterocycles. The van der Waals surface area contributed by atoms with E-state index < -0.39 is 12.1 Å². The predicted octanol–water partition coefficient (Wildman–Crippen LogP) is 11.3. The third kappa shape index (κ3) is 32.1. The van der Waals surface area contributed by atoms with E-state index in [1.807, 2.05) is 12.2 Å². The molecule has 4 nitrogen and oxygen atoms in total. The van der Waals surface area contributed by atoms with Crippen molar-refractivity contribution in [2.45, 2.75) is 212 Å². The fourth-order valence-corrected chi connectivity index (χ4v) is 5.76. The summed E-state index contributed by atoms with van der Waals surface area (Å²) in [7, 11) is 0. The number of rotatable bonds is 34. The van der Waals surface area contributed by atoms with Gasteiger partial charge in [-0.3, -0.25) is 4.79 Å². The zero-order chi connectivity index (χ0) is 31.5. The van der Waals surface area contributed by atoms with Crippen LogP contribution in [0.15, 0.2) is 24.3 Å². The number of hydrogen-bond acceptors (Lipinski definition) is 3. The molecule has 0 fully saturated rings. The first-order valence-electron chi connectivity index (χ1n) is 19.1. The van der Waals surface area contributed by atoms with Gasteiger partial charge in [0.2, 0.25) is 5.91 Å². The molecule has 0 bridgehead atoms. The highest BCUT2D eigenvalue weighted by Crippen LogP contribution is 2.15. The molecule has 0 saturated heterocycles. The van der Waals surface area contributed by atoms with Crippen molar-refractivity contribution >= 4 is 5.91 Å². The van der Waals surface area contributed by atoms with Crippen LogP contribution in [0, 0.1) is 0 Å². The Kier molecular flexibility index (Phi) is 34.4. The summed E-state index contributed by atoms with van der Waals surface area (Å²) in [6.45, 7) is 4.26. The summed E-state index contributed by atoms with van der Waals surface area (Å²) in [6, 6.07) is -0.648. The molecule has 0 aliphatic carbocycles. The van der Waals surface area contributed by atoms with Crippen LogP contribution in [0.2, 0.25) is 0 Å². The maximum Gasteiger partial charge on any atom is 0.220 e. The Morgan fingerprint density at radius 1 is 0.558 bits per heavy atom. The van der Waals surface area contributed by atoms with E-state index in [0.29, 0.717) is 6.42 Å². The van der Waals surface area contributed by atoms with Crippen molar-refractivity contribution in [2.24, 2.45) is 0 Å². The van der Waals surface area contributed by atoms with Gasteiger partial charge in [0.15, 0.2) is 0 Å². The lowest BCUT2D eigenvalue weighted by molar-refractivity contribution is -0.123. The monoisotopic (exact) mass is 606 g/mol. The van der Waals surface area contributed by atoms with Crippen LogP contribution in [0.1, 0.15) is 200 Å². The number of amides is 1. The minimum Gasteiger partial charge on any atom is -0.394 e. The smallest absolute Gasteiger partial charge is 0.220 e. The van der Waals surface area contributed by atoms with Crippen LogP contribution in [0.4, 0.5) is 0 Å².